The van der Waals surface area contributed by atoms with E-state index in [1.165, 1.54) is 30.6 Å². The van der Waals surface area contributed by atoms with Gasteiger partial charge in [-0.15, -0.1) is 11.3 Å². The van der Waals surface area contributed by atoms with Gasteiger partial charge >= 0.3 is 0 Å². The number of anilines is 1. The molecular formula is C23H22N2O4S2. The Morgan fingerprint density at radius 2 is 1.65 bits per heavy atom. The van der Waals surface area contributed by atoms with Crippen molar-refractivity contribution in [3.8, 4) is 22.6 Å². The molecule has 0 fully saturated rings. The van der Waals surface area contributed by atoms with Crippen LogP contribution < -0.4 is 14.2 Å². The first-order valence-electron chi connectivity index (χ1n) is 9.54. The minimum atomic E-state index is -3.80. The Labute approximate surface area is 185 Å². The molecule has 0 aliphatic rings. The zero-order valence-corrected chi connectivity index (χ0v) is 19.2. The average molecular weight is 455 g/mol. The maximum absolute atomic E-state index is 13.1. The molecule has 1 N–H and O–H groups in total. The van der Waals surface area contributed by atoms with Crippen molar-refractivity contribution < 1.29 is 17.9 Å². The fourth-order valence-electron chi connectivity index (χ4n) is 3.50. The van der Waals surface area contributed by atoms with Crippen LogP contribution in [0.15, 0.2) is 59.5 Å². The highest BCUT2D eigenvalue weighted by atomic mass is 32.2. The third-order valence-corrected chi connectivity index (χ3v) is 7.32. The van der Waals surface area contributed by atoms with Gasteiger partial charge in [-0.1, -0.05) is 12.1 Å². The van der Waals surface area contributed by atoms with Crippen LogP contribution in [0.4, 0.5) is 5.69 Å². The molecule has 0 saturated heterocycles. The van der Waals surface area contributed by atoms with E-state index in [9.17, 15) is 8.42 Å². The Balaban J connectivity index is 1.87. The summed E-state index contributed by atoms with van der Waals surface area (Å²) in [7, 11) is -0.641. The highest BCUT2D eigenvalue weighted by molar-refractivity contribution is 7.92. The minimum Gasteiger partial charge on any atom is -0.497 e. The number of benzene rings is 2. The van der Waals surface area contributed by atoms with Gasteiger partial charge in [-0.2, -0.15) is 0 Å². The molecule has 0 aliphatic carbocycles. The summed E-state index contributed by atoms with van der Waals surface area (Å²) < 4.78 is 39.5. The van der Waals surface area contributed by atoms with E-state index in [0.29, 0.717) is 11.4 Å². The lowest BCUT2D eigenvalue weighted by atomic mass is 10.0. The Morgan fingerprint density at radius 3 is 2.32 bits per heavy atom. The number of nitrogens with one attached hydrogen (secondary N) is 1. The summed E-state index contributed by atoms with van der Waals surface area (Å²) in [6.07, 6.45) is 0. The third kappa shape index (κ3) is 4.08. The number of ether oxygens (including phenoxy) is 2. The van der Waals surface area contributed by atoms with Gasteiger partial charge in [0.25, 0.3) is 10.0 Å². The van der Waals surface area contributed by atoms with Crippen LogP contribution in [0.5, 0.6) is 11.5 Å². The summed E-state index contributed by atoms with van der Waals surface area (Å²) in [6.45, 7) is 3.86. The van der Waals surface area contributed by atoms with Crippen LogP contribution in [-0.4, -0.2) is 27.6 Å². The van der Waals surface area contributed by atoms with Crippen molar-refractivity contribution >= 4 is 37.3 Å². The lowest BCUT2D eigenvalue weighted by Crippen LogP contribution is -2.13. The van der Waals surface area contributed by atoms with Gasteiger partial charge in [0.15, 0.2) is 0 Å². The quantitative estimate of drug-likeness (QED) is 0.422. The number of methoxy groups -OCH3 is 2. The van der Waals surface area contributed by atoms with Gasteiger partial charge in [0.05, 0.1) is 24.8 Å². The molecule has 0 unspecified atom stereocenters. The minimum absolute atomic E-state index is 0.158. The van der Waals surface area contributed by atoms with E-state index in [1.807, 2.05) is 38.1 Å². The first-order chi connectivity index (χ1) is 14.8. The number of hydrogen-bond acceptors (Lipinski definition) is 6. The van der Waals surface area contributed by atoms with E-state index < -0.39 is 10.0 Å². The first-order valence-corrected chi connectivity index (χ1v) is 11.8. The topological polar surface area (TPSA) is 77.5 Å². The van der Waals surface area contributed by atoms with E-state index in [2.05, 4.69) is 9.71 Å². The first kappa shape index (κ1) is 21.1. The molecule has 0 spiro atoms. The van der Waals surface area contributed by atoms with Gasteiger partial charge in [-0.3, -0.25) is 4.72 Å². The molecule has 0 radical (unpaired) electrons. The van der Waals surface area contributed by atoms with Crippen molar-refractivity contribution in [2.45, 2.75) is 18.7 Å². The van der Waals surface area contributed by atoms with Crippen LogP contribution in [0, 0.1) is 13.8 Å². The number of aryl methyl sites for hydroxylation is 2. The van der Waals surface area contributed by atoms with Crippen LogP contribution in [0.3, 0.4) is 0 Å². The lowest BCUT2D eigenvalue weighted by molar-refractivity contribution is 0.414. The summed E-state index contributed by atoms with van der Waals surface area (Å²) >= 11 is 1.54. The SMILES string of the molecule is COc1ccc(S(=O)(=O)Nc2cc(C)nc3sc(C)c(-c4cccc(OC)c4)c23)cc1. The molecule has 4 rings (SSSR count). The molecule has 31 heavy (non-hydrogen) atoms. The molecule has 0 aliphatic heterocycles. The smallest absolute Gasteiger partial charge is 0.261 e. The second kappa shape index (κ2) is 8.20. The predicted molar refractivity (Wildman–Crippen MR) is 125 cm³/mol. The molecular weight excluding hydrogens is 432 g/mol. The van der Waals surface area contributed by atoms with Crippen LogP contribution in [-0.2, 0) is 10.0 Å². The van der Waals surface area contributed by atoms with E-state index in [4.69, 9.17) is 9.47 Å². The zero-order chi connectivity index (χ0) is 22.2. The largest absolute Gasteiger partial charge is 0.497 e. The van der Waals surface area contributed by atoms with Crippen molar-refractivity contribution in [3.63, 3.8) is 0 Å². The number of nitrogens with zero attached hydrogens (tertiary/aromatic N) is 1. The highest BCUT2D eigenvalue weighted by Crippen LogP contribution is 2.42. The van der Waals surface area contributed by atoms with E-state index in [1.54, 1.807) is 25.3 Å². The van der Waals surface area contributed by atoms with Gasteiger partial charge in [0.1, 0.15) is 16.3 Å². The van der Waals surface area contributed by atoms with Crippen LogP contribution in [0.2, 0.25) is 0 Å². The van der Waals surface area contributed by atoms with Gasteiger partial charge in [0.2, 0.25) is 0 Å². The summed E-state index contributed by atoms with van der Waals surface area (Å²) in [6, 6.07) is 15.8. The normalized spacial score (nSPS) is 11.5. The third-order valence-electron chi connectivity index (χ3n) is 4.94. The van der Waals surface area contributed by atoms with Crippen LogP contribution in [0.1, 0.15) is 10.6 Å². The molecule has 6 nitrogen and oxygen atoms in total. The van der Waals surface area contributed by atoms with Crippen molar-refractivity contribution in [2.75, 3.05) is 18.9 Å². The van der Waals surface area contributed by atoms with Gasteiger partial charge in [-0.05, 0) is 61.9 Å². The number of thiophene rings is 1. The molecule has 8 heteroatoms. The summed E-state index contributed by atoms with van der Waals surface area (Å²) in [5.41, 5.74) is 3.12. The predicted octanol–water partition coefficient (Wildman–Crippen LogP) is 5.40. The van der Waals surface area contributed by atoms with Gasteiger partial charge in [0, 0.05) is 21.5 Å². The number of pyridine rings is 1. The van der Waals surface area contributed by atoms with Gasteiger partial charge in [-0.25, -0.2) is 13.4 Å². The van der Waals surface area contributed by atoms with Crippen molar-refractivity contribution in [1.82, 2.24) is 4.98 Å². The molecule has 0 saturated carbocycles. The van der Waals surface area contributed by atoms with Crippen molar-refractivity contribution in [2.24, 2.45) is 0 Å². The van der Waals surface area contributed by atoms with E-state index in [0.717, 1.165) is 37.7 Å². The monoisotopic (exact) mass is 454 g/mol. The number of hydrogen-bond donors (Lipinski definition) is 1. The summed E-state index contributed by atoms with van der Waals surface area (Å²) in [4.78, 5) is 6.63. The number of rotatable bonds is 6. The molecule has 0 amide bonds. The second-order valence-electron chi connectivity index (χ2n) is 7.04. The number of aromatic nitrogens is 1. The molecule has 2 heterocycles. The molecule has 0 bridgehead atoms. The Morgan fingerprint density at radius 1 is 0.935 bits per heavy atom. The lowest BCUT2D eigenvalue weighted by Gasteiger charge is -2.13. The highest BCUT2D eigenvalue weighted by Gasteiger charge is 2.21. The van der Waals surface area contributed by atoms with Crippen LogP contribution >= 0.6 is 11.3 Å². The number of sulfonamides is 1. The average Bonchev–Trinajstić information content (AvgIpc) is 3.09. The zero-order valence-electron chi connectivity index (χ0n) is 17.6. The van der Waals surface area contributed by atoms with Gasteiger partial charge < -0.3 is 9.47 Å². The van der Waals surface area contributed by atoms with Crippen LogP contribution in [0.25, 0.3) is 21.3 Å². The number of fused-ring (bicyclic) bond motifs is 1. The molecule has 0 atom stereocenters. The standard InChI is InChI=1S/C23H22N2O4S2/c1-14-12-20(25-31(26,27)19-10-8-17(28-3)9-11-19)22-21(15(2)30-23(22)24-14)16-6-5-7-18(13-16)29-4/h5-13H,1-4H3,(H,24,25). The second-order valence-corrected chi connectivity index (χ2v) is 9.92. The molecule has 160 valence electrons. The maximum Gasteiger partial charge on any atom is 0.261 e. The maximum atomic E-state index is 13.1. The summed E-state index contributed by atoms with van der Waals surface area (Å²) in [5, 5.41) is 0.776. The molecule has 2 aromatic carbocycles. The Hall–Kier alpha value is -3.10. The van der Waals surface area contributed by atoms with Crippen molar-refractivity contribution in [3.05, 3.63) is 65.2 Å². The van der Waals surface area contributed by atoms with E-state index >= 15 is 0 Å². The Bertz CT molecular complexity index is 1360. The van der Waals surface area contributed by atoms with Crippen molar-refractivity contribution in [1.29, 1.82) is 0 Å². The molecule has 2 aromatic heterocycles. The fraction of sp³-hybridized carbons (Fsp3) is 0.174. The summed E-state index contributed by atoms with van der Waals surface area (Å²) in [5.74, 6) is 1.33. The van der Waals surface area contributed by atoms with E-state index in [-0.39, 0.29) is 4.90 Å². The Kier molecular flexibility index (Phi) is 5.60. The fourth-order valence-corrected chi connectivity index (χ4v) is 5.68. The molecule has 4 aromatic rings.